The summed E-state index contributed by atoms with van der Waals surface area (Å²) in [6, 6.07) is 12.7. The van der Waals surface area contributed by atoms with Gasteiger partial charge in [-0.25, -0.2) is 14.2 Å². The van der Waals surface area contributed by atoms with Crippen molar-refractivity contribution in [2.75, 3.05) is 0 Å². The van der Waals surface area contributed by atoms with E-state index >= 15 is 0 Å². The fraction of sp³-hybridized carbons (Fsp3) is 0.190. The summed E-state index contributed by atoms with van der Waals surface area (Å²) in [6.07, 6.45) is 4.16. The Bertz CT molecular complexity index is 1050. The molecule has 4 rings (SSSR count). The van der Waals surface area contributed by atoms with Crippen molar-refractivity contribution in [3.05, 3.63) is 66.2 Å². The van der Waals surface area contributed by atoms with Crippen molar-refractivity contribution >= 4 is 33.4 Å². The van der Waals surface area contributed by atoms with Crippen LogP contribution in [-0.2, 0) is 11.2 Å². The molecule has 2 heterocycles. The van der Waals surface area contributed by atoms with Crippen LogP contribution in [0, 0.1) is 11.7 Å². The lowest BCUT2D eigenvalue weighted by atomic mass is 9.94. The lowest BCUT2D eigenvalue weighted by Crippen LogP contribution is -2.15. The van der Waals surface area contributed by atoms with Crippen molar-refractivity contribution in [3.8, 4) is 10.6 Å². The first-order valence-electron chi connectivity index (χ1n) is 8.72. The predicted molar refractivity (Wildman–Crippen MR) is 106 cm³/mol. The molecule has 0 saturated carbocycles. The highest BCUT2D eigenvalue weighted by molar-refractivity contribution is 7.21. The zero-order valence-electron chi connectivity index (χ0n) is 14.7. The van der Waals surface area contributed by atoms with Crippen LogP contribution in [0.2, 0.25) is 0 Å². The Morgan fingerprint density at radius 1 is 1.19 bits per heavy atom. The van der Waals surface area contributed by atoms with Gasteiger partial charge in [-0.15, -0.1) is 11.3 Å². The molecule has 1 amide bonds. The Morgan fingerprint density at radius 3 is 2.78 bits per heavy atom. The third-order valence-electron chi connectivity index (χ3n) is 4.52. The SMILES string of the molecule is CCC1C=COC(=O)N=C1Cc1ccc(-c2nc3cc(F)ccc3s2)cc1. The second-order valence-electron chi connectivity index (χ2n) is 6.33. The smallest absolute Gasteiger partial charge is 0.417 e. The summed E-state index contributed by atoms with van der Waals surface area (Å²) in [5.74, 6) is -0.188. The molecule has 1 aliphatic rings. The molecule has 0 N–H and O–H groups in total. The number of aliphatic imine (C=N–C) groups is 1. The summed E-state index contributed by atoms with van der Waals surface area (Å²) < 4.78 is 19.2. The van der Waals surface area contributed by atoms with Crippen molar-refractivity contribution in [2.45, 2.75) is 19.8 Å². The standard InChI is InChI=1S/C21H17FN2O2S/c1-2-14-9-10-26-21(25)24-17(14)11-13-3-5-15(6-4-13)20-23-18-12-16(22)7-8-19(18)27-20/h3-10,12,14H,2,11H2,1H3. The summed E-state index contributed by atoms with van der Waals surface area (Å²) in [7, 11) is 0. The normalized spacial score (nSPS) is 16.9. The number of amides is 1. The Morgan fingerprint density at radius 2 is 2.00 bits per heavy atom. The number of nitrogens with zero attached hydrogens (tertiary/aromatic N) is 2. The quantitative estimate of drug-likeness (QED) is 0.577. The Balaban J connectivity index is 1.58. The number of rotatable bonds is 4. The number of cyclic esters (lactones) is 1. The largest absolute Gasteiger partial charge is 0.438 e. The van der Waals surface area contributed by atoms with Gasteiger partial charge in [-0.2, -0.15) is 4.99 Å². The molecule has 1 unspecified atom stereocenters. The summed E-state index contributed by atoms with van der Waals surface area (Å²) in [5.41, 5.74) is 3.52. The van der Waals surface area contributed by atoms with E-state index in [9.17, 15) is 9.18 Å². The molecule has 0 aliphatic carbocycles. The summed E-state index contributed by atoms with van der Waals surface area (Å²) in [4.78, 5) is 20.2. The molecule has 0 bridgehead atoms. The molecule has 4 nitrogen and oxygen atoms in total. The summed E-state index contributed by atoms with van der Waals surface area (Å²) in [5, 5.41) is 0.854. The first-order chi connectivity index (χ1) is 13.1. The van der Waals surface area contributed by atoms with Gasteiger partial charge in [0.05, 0.1) is 16.5 Å². The minimum absolute atomic E-state index is 0.0929. The highest BCUT2D eigenvalue weighted by Gasteiger charge is 2.17. The van der Waals surface area contributed by atoms with Crippen molar-refractivity contribution in [2.24, 2.45) is 10.9 Å². The molecule has 0 fully saturated rings. The van der Waals surface area contributed by atoms with Gasteiger partial charge in [-0.1, -0.05) is 31.2 Å². The Kier molecular flexibility index (Phi) is 4.81. The molecular formula is C21H17FN2O2S. The van der Waals surface area contributed by atoms with Gasteiger partial charge < -0.3 is 4.74 Å². The van der Waals surface area contributed by atoms with Crippen LogP contribution < -0.4 is 0 Å². The van der Waals surface area contributed by atoms with Gasteiger partial charge in [0.25, 0.3) is 0 Å². The maximum absolute atomic E-state index is 13.4. The first kappa shape index (κ1) is 17.5. The van der Waals surface area contributed by atoms with E-state index in [1.165, 1.54) is 29.7 Å². The van der Waals surface area contributed by atoms with Crippen molar-refractivity contribution < 1.29 is 13.9 Å². The van der Waals surface area contributed by atoms with E-state index in [1.807, 2.05) is 30.3 Å². The van der Waals surface area contributed by atoms with Crippen LogP contribution in [0.25, 0.3) is 20.8 Å². The molecule has 6 heteroatoms. The molecule has 1 atom stereocenters. The third-order valence-corrected chi connectivity index (χ3v) is 5.60. The van der Waals surface area contributed by atoms with E-state index < -0.39 is 6.09 Å². The number of fused-ring (bicyclic) bond motifs is 1. The molecule has 1 aromatic heterocycles. The second kappa shape index (κ2) is 7.40. The van der Waals surface area contributed by atoms with Gasteiger partial charge in [-0.3, -0.25) is 0 Å². The van der Waals surface area contributed by atoms with Crippen LogP contribution in [0.4, 0.5) is 9.18 Å². The lowest BCUT2D eigenvalue weighted by molar-refractivity contribution is 0.197. The molecular weight excluding hydrogens is 363 g/mol. The number of hydrogen-bond acceptors (Lipinski definition) is 4. The molecule has 3 aromatic rings. The van der Waals surface area contributed by atoms with Crippen molar-refractivity contribution in [3.63, 3.8) is 0 Å². The van der Waals surface area contributed by atoms with Crippen molar-refractivity contribution in [1.82, 2.24) is 4.98 Å². The summed E-state index contributed by atoms with van der Waals surface area (Å²) in [6.45, 7) is 2.05. The molecule has 136 valence electrons. The van der Waals surface area contributed by atoms with Crippen LogP contribution in [0.1, 0.15) is 18.9 Å². The number of carbonyl (C=O) groups is 1. The minimum atomic E-state index is -0.574. The maximum Gasteiger partial charge on any atom is 0.438 e. The molecule has 2 aromatic carbocycles. The fourth-order valence-corrected chi connectivity index (χ4v) is 4.02. The van der Waals surface area contributed by atoms with Crippen LogP contribution in [0.5, 0.6) is 0 Å². The van der Waals surface area contributed by atoms with Gasteiger partial charge in [0.15, 0.2) is 0 Å². The zero-order valence-corrected chi connectivity index (χ0v) is 15.5. The maximum atomic E-state index is 13.4. The number of benzene rings is 2. The molecule has 27 heavy (non-hydrogen) atoms. The van der Waals surface area contributed by atoms with Crippen LogP contribution >= 0.6 is 11.3 Å². The highest BCUT2D eigenvalue weighted by atomic mass is 32.1. The number of thiazole rings is 1. The van der Waals surface area contributed by atoms with E-state index in [0.29, 0.717) is 11.9 Å². The molecule has 0 saturated heterocycles. The van der Waals surface area contributed by atoms with Gasteiger partial charge >= 0.3 is 6.09 Å². The van der Waals surface area contributed by atoms with Gasteiger partial charge in [0.1, 0.15) is 10.8 Å². The average Bonchev–Trinajstić information content (AvgIpc) is 2.99. The monoisotopic (exact) mass is 380 g/mol. The van der Waals surface area contributed by atoms with Crippen LogP contribution in [0.15, 0.2) is 59.8 Å². The second-order valence-corrected chi connectivity index (χ2v) is 7.37. The van der Waals surface area contributed by atoms with Crippen LogP contribution in [-0.4, -0.2) is 16.8 Å². The highest BCUT2D eigenvalue weighted by Crippen LogP contribution is 2.30. The Labute approximate surface area is 160 Å². The fourth-order valence-electron chi connectivity index (χ4n) is 3.07. The van der Waals surface area contributed by atoms with E-state index in [1.54, 1.807) is 6.07 Å². The van der Waals surface area contributed by atoms with E-state index in [0.717, 1.165) is 33.0 Å². The number of allylic oxidation sites excluding steroid dienone is 1. The van der Waals surface area contributed by atoms with Gasteiger partial charge in [0.2, 0.25) is 0 Å². The number of halogens is 1. The van der Waals surface area contributed by atoms with Crippen molar-refractivity contribution in [1.29, 1.82) is 0 Å². The Hall–Kier alpha value is -2.86. The molecule has 0 radical (unpaired) electrons. The third kappa shape index (κ3) is 3.80. The van der Waals surface area contributed by atoms with E-state index in [-0.39, 0.29) is 11.7 Å². The number of aromatic nitrogens is 1. The topological polar surface area (TPSA) is 51.5 Å². The van der Waals surface area contributed by atoms with E-state index in [2.05, 4.69) is 16.9 Å². The van der Waals surface area contributed by atoms with E-state index in [4.69, 9.17) is 4.74 Å². The average molecular weight is 380 g/mol. The number of carbonyl (C=O) groups excluding carboxylic acids is 1. The molecule has 0 spiro atoms. The lowest BCUT2D eigenvalue weighted by Gasteiger charge is -2.12. The predicted octanol–water partition coefficient (Wildman–Crippen LogP) is 5.78. The number of ether oxygens (including phenoxy) is 1. The van der Waals surface area contributed by atoms with Crippen LogP contribution in [0.3, 0.4) is 0 Å². The first-order valence-corrected chi connectivity index (χ1v) is 9.54. The zero-order chi connectivity index (χ0) is 18.8. The van der Waals surface area contributed by atoms with Gasteiger partial charge in [-0.05, 0) is 30.2 Å². The van der Waals surface area contributed by atoms with Gasteiger partial charge in [0, 0.05) is 29.7 Å². The minimum Gasteiger partial charge on any atom is -0.417 e. The number of hydrogen-bond donors (Lipinski definition) is 0. The summed E-state index contributed by atoms with van der Waals surface area (Å²) >= 11 is 1.54. The molecule has 1 aliphatic heterocycles.